The number of nitrogens with one attached hydrogen (secondary N) is 1. The molecule has 1 atom stereocenters. The Morgan fingerprint density at radius 3 is 2.75 bits per heavy atom. The SMILES string of the molecule is CCC(CC)c1cc(C(=O)NCC(C)(O)CSC)on1. The van der Waals surface area contributed by atoms with Crippen LogP contribution in [0.2, 0.25) is 0 Å². The Balaban J connectivity index is 2.60. The van der Waals surface area contributed by atoms with E-state index < -0.39 is 5.60 Å². The molecule has 0 aromatic carbocycles. The van der Waals surface area contributed by atoms with Crippen LogP contribution >= 0.6 is 11.8 Å². The summed E-state index contributed by atoms with van der Waals surface area (Å²) < 4.78 is 5.09. The van der Waals surface area contributed by atoms with Gasteiger partial charge in [-0.1, -0.05) is 19.0 Å². The van der Waals surface area contributed by atoms with Crippen molar-refractivity contribution in [2.75, 3.05) is 18.6 Å². The van der Waals surface area contributed by atoms with Gasteiger partial charge in [0.25, 0.3) is 5.91 Å². The average molecular weight is 300 g/mol. The van der Waals surface area contributed by atoms with E-state index in [1.165, 1.54) is 11.8 Å². The van der Waals surface area contributed by atoms with Crippen molar-refractivity contribution in [1.29, 1.82) is 0 Å². The molecule has 2 N–H and O–H groups in total. The lowest BCUT2D eigenvalue weighted by Gasteiger charge is -2.21. The van der Waals surface area contributed by atoms with Crippen molar-refractivity contribution in [3.05, 3.63) is 17.5 Å². The van der Waals surface area contributed by atoms with Crippen molar-refractivity contribution in [3.63, 3.8) is 0 Å². The summed E-state index contributed by atoms with van der Waals surface area (Å²) in [5.41, 5.74) is -0.108. The summed E-state index contributed by atoms with van der Waals surface area (Å²) >= 11 is 1.53. The molecule has 1 unspecified atom stereocenters. The topological polar surface area (TPSA) is 75.4 Å². The fraction of sp³-hybridized carbons (Fsp3) is 0.714. The smallest absolute Gasteiger partial charge is 0.290 e. The van der Waals surface area contributed by atoms with Gasteiger partial charge in [-0.15, -0.1) is 0 Å². The Kier molecular flexibility index (Phi) is 6.55. The summed E-state index contributed by atoms with van der Waals surface area (Å²) in [6.07, 6.45) is 3.84. The van der Waals surface area contributed by atoms with Crippen molar-refractivity contribution in [3.8, 4) is 0 Å². The molecule has 6 heteroatoms. The van der Waals surface area contributed by atoms with E-state index in [-0.39, 0.29) is 18.2 Å². The quantitative estimate of drug-likeness (QED) is 0.771. The lowest BCUT2D eigenvalue weighted by atomic mass is 9.99. The first-order valence-corrected chi connectivity index (χ1v) is 8.29. The number of rotatable bonds is 8. The van der Waals surface area contributed by atoms with Crippen LogP contribution in [0.3, 0.4) is 0 Å². The van der Waals surface area contributed by atoms with Gasteiger partial charge in [-0.25, -0.2) is 0 Å². The molecule has 0 fully saturated rings. The largest absolute Gasteiger partial charge is 0.387 e. The molecule has 1 aromatic rings. The molecule has 1 rings (SSSR count). The summed E-state index contributed by atoms with van der Waals surface area (Å²) in [5.74, 6) is 0.741. The van der Waals surface area contributed by atoms with Crippen LogP contribution in [0.4, 0.5) is 0 Å². The minimum Gasteiger partial charge on any atom is -0.387 e. The van der Waals surface area contributed by atoms with Gasteiger partial charge in [0.15, 0.2) is 0 Å². The van der Waals surface area contributed by atoms with Crippen LogP contribution in [0.15, 0.2) is 10.6 Å². The highest BCUT2D eigenvalue weighted by atomic mass is 32.2. The van der Waals surface area contributed by atoms with Crippen LogP contribution in [0.5, 0.6) is 0 Å². The molecule has 0 aliphatic carbocycles. The van der Waals surface area contributed by atoms with Gasteiger partial charge in [-0.2, -0.15) is 11.8 Å². The molecule has 0 bridgehead atoms. The molecule has 0 spiro atoms. The van der Waals surface area contributed by atoms with Crippen molar-refractivity contribution >= 4 is 17.7 Å². The lowest BCUT2D eigenvalue weighted by molar-refractivity contribution is 0.0705. The highest BCUT2D eigenvalue weighted by Gasteiger charge is 2.23. The molecule has 0 saturated carbocycles. The molecule has 1 heterocycles. The van der Waals surface area contributed by atoms with Gasteiger partial charge < -0.3 is 14.9 Å². The zero-order valence-corrected chi connectivity index (χ0v) is 13.4. The van der Waals surface area contributed by atoms with Crippen molar-refractivity contribution in [1.82, 2.24) is 10.5 Å². The Labute approximate surface area is 124 Å². The number of amides is 1. The number of hydrogen-bond donors (Lipinski definition) is 2. The standard InChI is InChI=1S/C14H24N2O3S/c1-5-10(6-2)11-7-12(19-16-11)13(17)15-8-14(3,18)9-20-4/h7,10,18H,5-6,8-9H2,1-4H3,(H,15,17). The number of carbonyl (C=O) groups is 1. The molecular weight excluding hydrogens is 276 g/mol. The number of thioether (sulfide) groups is 1. The first-order chi connectivity index (χ1) is 9.43. The Hall–Kier alpha value is -1.01. The number of aromatic nitrogens is 1. The maximum atomic E-state index is 11.9. The van der Waals surface area contributed by atoms with Crippen LogP contribution in [0, 0.1) is 0 Å². The van der Waals surface area contributed by atoms with Crippen molar-refractivity contribution in [2.45, 2.75) is 45.1 Å². The predicted molar refractivity (Wildman–Crippen MR) is 81.2 cm³/mol. The van der Waals surface area contributed by atoms with E-state index in [0.717, 1.165) is 18.5 Å². The fourth-order valence-electron chi connectivity index (χ4n) is 2.02. The number of carbonyl (C=O) groups excluding carboxylic acids is 1. The van der Waals surface area contributed by atoms with Crippen molar-refractivity contribution in [2.24, 2.45) is 0 Å². The second kappa shape index (κ2) is 7.69. The third-order valence-corrected chi connectivity index (χ3v) is 4.15. The summed E-state index contributed by atoms with van der Waals surface area (Å²) in [6, 6.07) is 1.69. The van der Waals surface area contributed by atoms with Gasteiger partial charge in [-0.05, 0) is 26.0 Å². The normalized spacial score (nSPS) is 14.3. The average Bonchev–Trinajstić information content (AvgIpc) is 2.87. The number of aliphatic hydroxyl groups is 1. The highest BCUT2D eigenvalue weighted by molar-refractivity contribution is 7.98. The van der Waals surface area contributed by atoms with Gasteiger partial charge in [-0.3, -0.25) is 4.79 Å². The van der Waals surface area contributed by atoms with E-state index in [1.807, 2.05) is 6.26 Å². The highest BCUT2D eigenvalue weighted by Crippen LogP contribution is 2.22. The van der Waals surface area contributed by atoms with E-state index in [4.69, 9.17) is 4.52 Å². The molecule has 1 amide bonds. The monoisotopic (exact) mass is 300 g/mol. The Morgan fingerprint density at radius 2 is 2.20 bits per heavy atom. The first kappa shape index (κ1) is 17.0. The molecule has 20 heavy (non-hydrogen) atoms. The van der Waals surface area contributed by atoms with Crippen LogP contribution in [0.1, 0.15) is 55.8 Å². The second-order valence-electron chi connectivity index (χ2n) is 5.24. The summed E-state index contributed by atoms with van der Waals surface area (Å²) in [6.45, 7) is 6.05. The van der Waals surface area contributed by atoms with Crippen LogP contribution in [0.25, 0.3) is 0 Å². The molecule has 0 radical (unpaired) electrons. The third kappa shape index (κ3) is 4.83. The lowest BCUT2D eigenvalue weighted by Crippen LogP contribution is -2.42. The molecule has 5 nitrogen and oxygen atoms in total. The van der Waals surface area contributed by atoms with Gasteiger partial charge >= 0.3 is 0 Å². The molecule has 0 saturated heterocycles. The summed E-state index contributed by atoms with van der Waals surface area (Å²) in [7, 11) is 0. The summed E-state index contributed by atoms with van der Waals surface area (Å²) in [5, 5.41) is 16.6. The molecule has 0 aliphatic heterocycles. The molecular formula is C14H24N2O3S. The van der Waals surface area contributed by atoms with Crippen LogP contribution in [-0.4, -0.2) is 40.3 Å². The predicted octanol–water partition coefficient (Wildman–Crippen LogP) is 2.42. The zero-order chi connectivity index (χ0) is 15.2. The van der Waals surface area contributed by atoms with Gasteiger partial charge in [0.1, 0.15) is 0 Å². The maximum Gasteiger partial charge on any atom is 0.290 e. The fourth-order valence-corrected chi connectivity index (χ4v) is 2.74. The van der Waals surface area contributed by atoms with Gasteiger partial charge in [0.05, 0.1) is 11.3 Å². The Morgan fingerprint density at radius 1 is 1.55 bits per heavy atom. The number of nitrogens with zero attached hydrogens (tertiary/aromatic N) is 1. The van der Waals surface area contributed by atoms with Gasteiger partial charge in [0, 0.05) is 24.3 Å². The molecule has 114 valence electrons. The van der Waals surface area contributed by atoms with E-state index in [1.54, 1.807) is 13.0 Å². The Bertz CT molecular complexity index is 428. The van der Waals surface area contributed by atoms with Crippen LogP contribution in [-0.2, 0) is 0 Å². The van der Waals surface area contributed by atoms with E-state index in [0.29, 0.717) is 11.7 Å². The molecule has 1 aromatic heterocycles. The van der Waals surface area contributed by atoms with E-state index >= 15 is 0 Å². The van der Waals surface area contributed by atoms with E-state index in [9.17, 15) is 9.90 Å². The summed E-state index contributed by atoms with van der Waals surface area (Å²) in [4.78, 5) is 11.9. The zero-order valence-electron chi connectivity index (χ0n) is 12.6. The minimum absolute atomic E-state index is 0.188. The minimum atomic E-state index is -0.923. The molecule has 0 aliphatic rings. The van der Waals surface area contributed by atoms with Gasteiger partial charge in [0.2, 0.25) is 5.76 Å². The van der Waals surface area contributed by atoms with E-state index in [2.05, 4.69) is 24.3 Å². The number of hydrogen-bond acceptors (Lipinski definition) is 5. The maximum absolute atomic E-state index is 11.9. The first-order valence-electron chi connectivity index (χ1n) is 6.89. The van der Waals surface area contributed by atoms with Crippen molar-refractivity contribution < 1.29 is 14.4 Å². The van der Waals surface area contributed by atoms with Crippen LogP contribution < -0.4 is 5.32 Å². The third-order valence-electron chi connectivity index (χ3n) is 3.24. The second-order valence-corrected chi connectivity index (χ2v) is 6.11.